The van der Waals surface area contributed by atoms with Gasteiger partial charge in [-0.25, -0.2) is 0 Å². The first-order valence-corrected chi connectivity index (χ1v) is 4.18. The highest BCUT2D eigenvalue weighted by Gasteiger charge is 2.07. The van der Waals surface area contributed by atoms with Crippen molar-refractivity contribution >= 4 is 0 Å². The molecule has 1 rings (SSSR count). The number of nitrogens with one attached hydrogen (secondary N) is 1. The molecule has 1 N–H and O–H groups in total. The summed E-state index contributed by atoms with van der Waals surface area (Å²) in [6.07, 6.45) is 0. The molecule has 0 saturated carbocycles. The van der Waals surface area contributed by atoms with E-state index in [1.54, 1.807) is 14.2 Å². The molecular formula is C10H15NO2. The van der Waals surface area contributed by atoms with Crippen LogP contribution >= 0.6 is 0 Å². The van der Waals surface area contributed by atoms with E-state index in [2.05, 4.69) is 5.32 Å². The predicted molar refractivity (Wildman–Crippen MR) is 52.3 cm³/mol. The molecule has 0 aliphatic rings. The number of methoxy groups -OCH3 is 2. The Bertz CT molecular complexity index is 274. The molecule has 0 saturated heterocycles. The monoisotopic (exact) mass is 181 g/mol. The van der Waals surface area contributed by atoms with Crippen LogP contribution in [-0.4, -0.2) is 21.3 Å². The van der Waals surface area contributed by atoms with Gasteiger partial charge in [0.2, 0.25) is 0 Å². The Labute approximate surface area is 78.7 Å². The first-order chi connectivity index (χ1) is 6.33. The third kappa shape index (κ3) is 2.12. The summed E-state index contributed by atoms with van der Waals surface area (Å²) < 4.78 is 10.4. The van der Waals surface area contributed by atoms with E-state index in [1.807, 2.05) is 25.2 Å². The molecule has 0 aromatic heterocycles. The second kappa shape index (κ2) is 4.72. The molecule has 0 spiro atoms. The van der Waals surface area contributed by atoms with E-state index in [-0.39, 0.29) is 0 Å². The van der Waals surface area contributed by atoms with Crippen molar-refractivity contribution in [2.45, 2.75) is 6.54 Å². The van der Waals surface area contributed by atoms with Gasteiger partial charge < -0.3 is 14.8 Å². The van der Waals surface area contributed by atoms with Crippen LogP contribution in [-0.2, 0) is 6.54 Å². The Morgan fingerprint density at radius 2 is 2.00 bits per heavy atom. The van der Waals surface area contributed by atoms with Gasteiger partial charge in [0.05, 0.1) is 14.2 Å². The third-order valence-corrected chi connectivity index (χ3v) is 1.85. The Kier molecular flexibility index (Phi) is 3.58. The summed E-state index contributed by atoms with van der Waals surface area (Å²) in [5, 5.41) is 3.07. The third-order valence-electron chi connectivity index (χ3n) is 1.85. The van der Waals surface area contributed by atoms with E-state index in [0.717, 1.165) is 23.6 Å². The van der Waals surface area contributed by atoms with Gasteiger partial charge in [0.1, 0.15) is 0 Å². The van der Waals surface area contributed by atoms with Crippen molar-refractivity contribution in [3.8, 4) is 11.5 Å². The summed E-state index contributed by atoms with van der Waals surface area (Å²) >= 11 is 0. The fourth-order valence-corrected chi connectivity index (χ4v) is 1.28. The zero-order chi connectivity index (χ0) is 9.68. The van der Waals surface area contributed by atoms with Crippen LogP contribution in [0.15, 0.2) is 18.2 Å². The standard InChI is InChI=1S/C10H15NO2/c1-11-7-8-5-4-6-9(12-2)10(8)13-3/h4-6,11H,7H2,1-3H3. The summed E-state index contributed by atoms with van der Waals surface area (Å²) in [4.78, 5) is 0. The van der Waals surface area contributed by atoms with Gasteiger partial charge in [0.25, 0.3) is 0 Å². The van der Waals surface area contributed by atoms with Crippen LogP contribution in [0.1, 0.15) is 5.56 Å². The molecule has 1 aromatic rings. The van der Waals surface area contributed by atoms with Crippen molar-refractivity contribution in [1.29, 1.82) is 0 Å². The average molecular weight is 181 g/mol. The van der Waals surface area contributed by atoms with Crippen molar-refractivity contribution in [3.63, 3.8) is 0 Å². The molecule has 3 nitrogen and oxygen atoms in total. The summed E-state index contributed by atoms with van der Waals surface area (Å²) in [6, 6.07) is 5.85. The number of ether oxygens (including phenoxy) is 2. The summed E-state index contributed by atoms with van der Waals surface area (Å²) in [6.45, 7) is 0.778. The molecule has 72 valence electrons. The van der Waals surface area contributed by atoms with Crippen LogP contribution in [0, 0.1) is 0 Å². The van der Waals surface area contributed by atoms with Gasteiger partial charge in [-0.15, -0.1) is 0 Å². The van der Waals surface area contributed by atoms with Gasteiger partial charge >= 0.3 is 0 Å². The maximum Gasteiger partial charge on any atom is 0.165 e. The number of hydrogen-bond donors (Lipinski definition) is 1. The second-order valence-corrected chi connectivity index (χ2v) is 2.68. The summed E-state index contributed by atoms with van der Waals surface area (Å²) in [7, 11) is 5.19. The van der Waals surface area contributed by atoms with Crippen molar-refractivity contribution in [1.82, 2.24) is 5.32 Å². The largest absolute Gasteiger partial charge is 0.493 e. The fourth-order valence-electron chi connectivity index (χ4n) is 1.28. The Hall–Kier alpha value is -1.22. The van der Waals surface area contributed by atoms with E-state index in [4.69, 9.17) is 9.47 Å². The van der Waals surface area contributed by atoms with Crippen LogP contribution in [0.2, 0.25) is 0 Å². The highest BCUT2D eigenvalue weighted by molar-refractivity contribution is 5.46. The smallest absolute Gasteiger partial charge is 0.165 e. The second-order valence-electron chi connectivity index (χ2n) is 2.68. The SMILES string of the molecule is CNCc1cccc(OC)c1OC. The first-order valence-electron chi connectivity index (χ1n) is 4.18. The minimum atomic E-state index is 0.773. The number of benzene rings is 1. The molecule has 0 amide bonds. The Balaban J connectivity index is 3.03. The predicted octanol–water partition coefficient (Wildman–Crippen LogP) is 1.42. The van der Waals surface area contributed by atoms with Crippen LogP contribution in [0.4, 0.5) is 0 Å². The Morgan fingerprint density at radius 3 is 2.54 bits per heavy atom. The molecule has 0 fully saturated rings. The van der Waals surface area contributed by atoms with Gasteiger partial charge in [0, 0.05) is 12.1 Å². The van der Waals surface area contributed by atoms with Crippen LogP contribution in [0.5, 0.6) is 11.5 Å². The molecule has 0 heterocycles. The van der Waals surface area contributed by atoms with Crippen molar-refractivity contribution < 1.29 is 9.47 Å². The lowest BCUT2D eigenvalue weighted by Gasteiger charge is -2.11. The fraction of sp³-hybridized carbons (Fsp3) is 0.400. The first kappa shape index (κ1) is 9.86. The molecule has 0 atom stereocenters. The van der Waals surface area contributed by atoms with Crippen molar-refractivity contribution in [3.05, 3.63) is 23.8 Å². The van der Waals surface area contributed by atoms with Crippen molar-refractivity contribution in [2.75, 3.05) is 21.3 Å². The topological polar surface area (TPSA) is 30.5 Å². The van der Waals surface area contributed by atoms with E-state index in [9.17, 15) is 0 Å². The lowest BCUT2D eigenvalue weighted by Crippen LogP contribution is -2.07. The van der Waals surface area contributed by atoms with Crippen LogP contribution in [0.25, 0.3) is 0 Å². The maximum atomic E-state index is 5.25. The molecule has 0 aliphatic heterocycles. The molecule has 0 bridgehead atoms. The summed E-state index contributed by atoms with van der Waals surface area (Å²) in [5.41, 5.74) is 1.10. The minimum Gasteiger partial charge on any atom is -0.493 e. The highest BCUT2D eigenvalue weighted by atomic mass is 16.5. The van der Waals surface area contributed by atoms with Crippen LogP contribution < -0.4 is 14.8 Å². The normalized spacial score (nSPS) is 9.77. The van der Waals surface area contributed by atoms with Gasteiger partial charge in [-0.3, -0.25) is 0 Å². The molecular weight excluding hydrogens is 166 g/mol. The number of hydrogen-bond acceptors (Lipinski definition) is 3. The van der Waals surface area contributed by atoms with Gasteiger partial charge in [-0.2, -0.15) is 0 Å². The molecule has 3 heteroatoms. The van der Waals surface area contributed by atoms with Gasteiger partial charge in [-0.05, 0) is 13.1 Å². The lowest BCUT2D eigenvalue weighted by molar-refractivity contribution is 0.351. The average Bonchev–Trinajstić information content (AvgIpc) is 2.18. The molecule has 13 heavy (non-hydrogen) atoms. The van der Waals surface area contributed by atoms with Gasteiger partial charge in [0.15, 0.2) is 11.5 Å². The van der Waals surface area contributed by atoms with E-state index < -0.39 is 0 Å². The highest BCUT2D eigenvalue weighted by Crippen LogP contribution is 2.30. The molecule has 0 unspecified atom stereocenters. The maximum absolute atomic E-state index is 5.25. The zero-order valence-electron chi connectivity index (χ0n) is 8.26. The van der Waals surface area contributed by atoms with E-state index in [0.29, 0.717) is 0 Å². The van der Waals surface area contributed by atoms with E-state index in [1.165, 1.54) is 0 Å². The lowest BCUT2D eigenvalue weighted by atomic mass is 10.2. The molecule has 1 aromatic carbocycles. The van der Waals surface area contributed by atoms with E-state index >= 15 is 0 Å². The quantitative estimate of drug-likeness (QED) is 0.762. The Morgan fingerprint density at radius 1 is 1.23 bits per heavy atom. The van der Waals surface area contributed by atoms with Crippen LogP contribution in [0.3, 0.4) is 0 Å². The minimum absolute atomic E-state index is 0.773. The van der Waals surface area contributed by atoms with Gasteiger partial charge in [-0.1, -0.05) is 12.1 Å². The molecule has 0 radical (unpaired) electrons. The van der Waals surface area contributed by atoms with Crippen molar-refractivity contribution in [2.24, 2.45) is 0 Å². The summed E-state index contributed by atoms with van der Waals surface area (Å²) in [5.74, 6) is 1.58. The zero-order valence-corrected chi connectivity index (χ0v) is 8.26. The molecule has 0 aliphatic carbocycles. The number of para-hydroxylation sites is 1. The number of rotatable bonds is 4.